The van der Waals surface area contributed by atoms with Crippen LogP contribution >= 0.6 is 0 Å². The van der Waals surface area contributed by atoms with Crippen LogP contribution in [0.2, 0.25) is 0 Å². The number of aliphatic carboxylic acids is 1. The highest BCUT2D eigenvalue weighted by Gasteiger charge is 2.17. The molecule has 0 aliphatic heterocycles. The molecule has 0 fully saturated rings. The van der Waals surface area contributed by atoms with Gasteiger partial charge in [-0.2, -0.15) is 0 Å². The van der Waals surface area contributed by atoms with Crippen molar-refractivity contribution in [3.05, 3.63) is 36.1 Å². The van der Waals surface area contributed by atoms with Crippen molar-refractivity contribution >= 4 is 16.9 Å². The molecule has 1 heterocycles. The molecule has 1 N–H and O–H groups in total. The van der Waals surface area contributed by atoms with Crippen LogP contribution in [-0.4, -0.2) is 29.6 Å². The van der Waals surface area contributed by atoms with E-state index in [4.69, 9.17) is 9.52 Å². The number of carbonyl (C=O) groups is 1. The molecule has 1 unspecified atom stereocenters. The number of carboxylic acid groups (broad SMARTS) is 1. The molecule has 1 aromatic heterocycles. The fraction of sp³-hybridized carbons (Fsp3) is 0.308. The molecule has 1 atom stereocenters. The van der Waals surface area contributed by atoms with Gasteiger partial charge in [0.15, 0.2) is 0 Å². The molecular weight excluding hydrogens is 218 g/mol. The van der Waals surface area contributed by atoms with Crippen LogP contribution < -0.4 is 0 Å². The molecule has 2 aromatic rings. The van der Waals surface area contributed by atoms with E-state index in [-0.39, 0.29) is 12.6 Å². The first kappa shape index (κ1) is 11.7. The number of fused-ring (bicyclic) bond motifs is 1. The lowest BCUT2D eigenvalue weighted by atomic mass is 10.2. The van der Waals surface area contributed by atoms with E-state index in [1.165, 1.54) is 0 Å². The van der Waals surface area contributed by atoms with Crippen molar-refractivity contribution in [2.45, 2.75) is 13.0 Å². The standard InChI is InChI=1S/C13H15NO3/c1-9(14(2)8-13(15)16)12-7-10-5-3-4-6-11(10)17-12/h3-7,9H,8H2,1-2H3,(H,15,16). The molecular formula is C13H15NO3. The molecule has 0 spiro atoms. The maximum Gasteiger partial charge on any atom is 0.317 e. The first-order chi connectivity index (χ1) is 8.08. The molecule has 0 bridgehead atoms. The molecule has 0 radical (unpaired) electrons. The van der Waals surface area contributed by atoms with Crippen molar-refractivity contribution in [1.82, 2.24) is 4.90 Å². The van der Waals surface area contributed by atoms with Crippen LogP contribution in [-0.2, 0) is 4.79 Å². The largest absolute Gasteiger partial charge is 0.480 e. The van der Waals surface area contributed by atoms with E-state index in [1.54, 1.807) is 11.9 Å². The fourth-order valence-corrected chi connectivity index (χ4v) is 1.78. The van der Waals surface area contributed by atoms with Gasteiger partial charge in [-0.1, -0.05) is 18.2 Å². The van der Waals surface area contributed by atoms with Crippen LogP contribution in [0.5, 0.6) is 0 Å². The zero-order chi connectivity index (χ0) is 12.4. The predicted molar refractivity (Wildman–Crippen MR) is 64.9 cm³/mol. The van der Waals surface area contributed by atoms with E-state index in [1.807, 2.05) is 37.3 Å². The zero-order valence-electron chi connectivity index (χ0n) is 9.88. The third-order valence-electron chi connectivity index (χ3n) is 2.90. The van der Waals surface area contributed by atoms with E-state index in [0.717, 1.165) is 16.7 Å². The van der Waals surface area contributed by atoms with Crippen LogP contribution in [0.25, 0.3) is 11.0 Å². The van der Waals surface area contributed by atoms with E-state index < -0.39 is 5.97 Å². The number of likely N-dealkylation sites (N-methyl/N-ethyl adjacent to an activating group) is 1. The molecule has 0 aliphatic rings. The SMILES string of the molecule is CC(c1cc2ccccc2o1)N(C)CC(=O)O. The molecule has 17 heavy (non-hydrogen) atoms. The smallest absolute Gasteiger partial charge is 0.317 e. The third-order valence-corrected chi connectivity index (χ3v) is 2.90. The highest BCUT2D eigenvalue weighted by atomic mass is 16.4. The van der Waals surface area contributed by atoms with Crippen molar-refractivity contribution in [3.8, 4) is 0 Å². The summed E-state index contributed by atoms with van der Waals surface area (Å²) in [5, 5.41) is 9.79. The normalized spacial score (nSPS) is 13.1. The summed E-state index contributed by atoms with van der Waals surface area (Å²) >= 11 is 0. The Hall–Kier alpha value is -1.81. The Morgan fingerprint density at radius 2 is 2.18 bits per heavy atom. The minimum Gasteiger partial charge on any atom is -0.480 e. The third kappa shape index (κ3) is 2.47. The molecule has 0 saturated heterocycles. The molecule has 0 saturated carbocycles. The van der Waals surface area contributed by atoms with E-state index in [0.29, 0.717) is 0 Å². The topological polar surface area (TPSA) is 53.7 Å². The number of hydrogen-bond acceptors (Lipinski definition) is 3. The molecule has 2 rings (SSSR count). The van der Waals surface area contributed by atoms with Gasteiger partial charge in [0.05, 0.1) is 12.6 Å². The van der Waals surface area contributed by atoms with Crippen molar-refractivity contribution < 1.29 is 14.3 Å². The predicted octanol–water partition coefficient (Wildman–Crippen LogP) is 2.51. The van der Waals surface area contributed by atoms with Gasteiger partial charge in [-0.25, -0.2) is 0 Å². The summed E-state index contributed by atoms with van der Waals surface area (Å²) in [7, 11) is 1.77. The molecule has 4 nitrogen and oxygen atoms in total. The highest BCUT2D eigenvalue weighted by Crippen LogP contribution is 2.26. The number of hydrogen-bond donors (Lipinski definition) is 1. The zero-order valence-corrected chi connectivity index (χ0v) is 9.88. The second kappa shape index (κ2) is 4.59. The highest BCUT2D eigenvalue weighted by molar-refractivity contribution is 5.77. The van der Waals surface area contributed by atoms with Gasteiger partial charge in [0.1, 0.15) is 11.3 Å². The second-order valence-electron chi connectivity index (χ2n) is 4.17. The van der Waals surface area contributed by atoms with E-state index in [9.17, 15) is 4.79 Å². The number of para-hydroxylation sites is 1. The summed E-state index contributed by atoms with van der Waals surface area (Å²) in [5.74, 6) is -0.0505. The lowest BCUT2D eigenvalue weighted by Gasteiger charge is -2.20. The molecule has 1 aromatic carbocycles. The number of rotatable bonds is 4. The Bertz CT molecular complexity index is 499. The average Bonchev–Trinajstić information content (AvgIpc) is 2.70. The van der Waals surface area contributed by atoms with Crippen molar-refractivity contribution in [2.75, 3.05) is 13.6 Å². The number of carboxylic acids is 1. The average molecular weight is 233 g/mol. The summed E-state index contributed by atoms with van der Waals surface area (Å²) in [5.41, 5.74) is 0.832. The van der Waals surface area contributed by atoms with Gasteiger partial charge in [-0.15, -0.1) is 0 Å². The lowest BCUT2D eigenvalue weighted by molar-refractivity contribution is -0.138. The molecule has 0 amide bonds. The van der Waals surface area contributed by atoms with Crippen LogP contribution in [0.3, 0.4) is 0 Å². The first-order valence-corrected chi connectivity index (χ1v) is 5.48. The molecule has 0 aliphatic carbocycles. The minimum absolute atomic E-state index is 0.00177. The van der Waals surface area contributed by atoms with Gasteiger partial charge in [-0.3, -0.25) is 9.69 Å². The van der Waals surface area contributed by atoms with Crippen molar-refractivity contribution in [2.24, 2.45) is 0 Å². The van der Waals surface area contributed by atoms with Crippen LogP contribution in [0, 0.1) is 0 Å². The van der Waals surface area contributed by atoms with Crippen molar-refractivity contribution in [1.29, 1.82) is 0 Å². The summed E-state index contributed by atoms with van der Waals surface area (Å²) in [6, 6.07) is 9.65. The maximum absolute atomic E-state index is 10.6. The van der Waals surface area contributed by atoms with Crippen LogP contribution in [0.1, 0.15) is 18.7 Å². The Morgan fingerprint density at radius 3 is 2.82 bits per heavy atom. The Kier molecular flexibility index (Phi) is 3.15. The Labute approximate surface area is 99.4 Å². The minimum atomic E-state index is -0.838. The summed E-state index contributed by atoms with van der Waals surface area (Å²) < 4.78 is 5.70. The van der Waals surface area contributed by atoms with Gasteiger partial charge < -0.3 is 9.52 Å². The Balaban J connectivity index is 2.24. The van der Waals surface area contributed by atoms with E-state index in [2.05, 4.69) is 0 Å². The molecule has 90 valence electrons. The summed E-state index contributed by atoms with van der Waals surface area (Å²) in [6.45, 7) is 1.93. The van der Waals surface area contributed by atoms with Gasteiger partial charge in [0, 0.05) is 5.39 Å². The Morgan fingerprint density at radius 1 is 1.47 bits per heavy atom. The first-order valence-electron chi connectivity index (χ1n) is 5.48. The second-order valence-corrected chi connectivity index (χ2v) is 4.17. The quantitative estimate of drug-likeness (QED) is 0.881. The maximum atomic E-state index is 10.6. The lowest BCUT2D eigenvalue weighted by Crippen LogP contribution is -2.28. The number of nitrogens with zero attached hydrogens (tertiary/aromatic N) is 1. The number of benzene rings is 1. The monoisotopic (exact) mass is 233 g/mol. The van der Waals surface area contributed by atoms with Gasteiger partial charge in [0.2, 0.25) is 0 Å². The van der Waals surface area contributed by atoms with Crippen molar-refractivity contribution in [3.63, 3.8) is 0 Å². The fourth-order valence-electron chi connectivity index (χ4n) is 1.78. The summed E-state index contributed by atoms with van der Waals surface area (Å²) in [4.78, 5) is 12.4. The van der Waals surface area contributed by atoms with Gasteiger partial charge in [-0.05, 0) is 26.1 Å². The summed E-state index contributed by atoms with van der Waals surface area (Å²) in [6.07, 6.45) is 0. The van der Waals surface area contributed by atoms with Gasteiger partial charge >= 0.3 is 5.97 Å². The van der Waals surface area contributed by atoms with Crippen LogP contribution in [0.15, 0.2) is 34.7 Å². The molecule has 4 heteroatoms. The van der Waals surface area contributed by atoms with E-state index >= 15 is 0 Å². The number of furan rings is 1. The van der Waals surface area contributed by atoms with Crippen LogP contribution in [0.4, 0.5) is 0 Å². The van der Waals surface area contributed by atoms with Gasteiger partial charge in [0.25, 0.3) is 0 Å².